The number of fused-ring (bicyclic) bond motifs is 4. The first-order valence-corrected chi connectivity index (χ1v) is 11.5. The molecule has 6 nitrogen and oxygen atoms in total. The molecule has 3 atom stereocenters. The van der Waals surface area contributed by atoms with Crippen molar-refractivity contribution in [1.29, 1.82) is 0 Å². The van der Waals surface area contributed by atoms with Gasteiger partial charge in [-0.05, 0) is 37.0 Å². The number of hydrogen-bond donors (Lipinski definition) is 1. The highest BCUT2D eigenvalue weighted by molar-refractivity contribution is 5.97. The Morgan fingerprint density at radius 3 is 2.81 bits per heavy atom. The number of rotatable bonds is 3. The second-order valence-corrected chi connectivity index (χ2v) is 9.25. The lowest BCUT2D eigenvalue weighted by molar-refractivity contribution is -0.159. The third kappa shape index (κ3) is 3.05. The monoisotopic (exact) mass is 429 g/mol. The van der Waals surface area contributed by atoms with Crippen LogP contribution < -0.4 is 0 Å². The molecular weight excluding hydrogens is 402 g/mol. The van der Waals surface area contributed by atoms with Gasteiger partial charge < -0.3 is 19.5 Å². The Kier molecular flexibility index (Phi) is 4.57. The number of nitrogens with one attached hydrogen (secondary N) is 1. The number of aryl methyl sites for hydroxylation is 1. The molecule has 0 aliphatic carbocycles. The van der Waals surface area contributed by atoms with Crippen molar-refractivity contribution in [3.63, 3.8) is 0 Å². The number of nitrogens with zero attached hydrogens (tertiary/aromatic N) is 2. The number of benzene rings is 2. The standard InChI is InChI=1S/C26H27N3O3/c1-16-6-4-7-17(12-16)25-24-20(19-9-2-3-10-21(19)27-24)13-22-26(31)28(15-23(30)29(22)25)14-18-8-5-11-32-18/h2-4,6-7,9-10,12,18,22,25,27H,5,8,11,13-15H2,1H3. The number of ether oxygens (including phenoxy) is 1. The molecule has 2 aromatic carbocycles. The SMILES string of the molecule is Cc1cccc(C2c3[nH]c4ccccc4c3CC3C(=O)N(CC4CCCO4)CC(=O)N32)c1. The molecule has 3 aliphatic rings. The summed E-state index contributed by atoms with van der Waals surface area (Å²) < 4.78 is 5.76. The largest absolute Gasteiger partial charge is 0.376 e. The average molecular weight is 430 g/mol. The number of amides is 2. The van der Waals surface area contributed by atoms with Gasteiger partial charge in [0.25, 0.3) is 0 Å². The van der Waals surface area contributed by atoms with Crippen molar-refractivity contribution >= 4 is 22.7 Å². The fourth-order valence-corrected chi connectivity index (χ4v) is 5.70. The van der Waals surface area contributed by atoms with Crippen LogP contribution in [0.25, 0.3) is 10.9 Å². The van der Waals surface area contributed by atoms with Gasteiger partial charge in [-0.25, -0.2) is 0 Å². The third-order valence-electron chi connectivity index (χ3n) is 7.15. The number of carbonyl (C=O) groups is 2. The summed E-state index contributed by atoms with van der Waals surface area (Å²) in [7, 11) is 0. The number of aromatic amines is 1. The van der Waals surface area contributed by atoms with E-state index in [4.69, 9.17) is 4.74 Å². The maximum absolute atomic E-state index is 13.7. The van der Waals surface area contributed by atoms with E-state index in [1.54, 1.807) is 4.90 Å². The van der Waals surface area contributed by atoms with Crippen molar-refractivity contribution in [1.82, 2.24) is 14.8 Å². The van der Waals surface area contributed by atoms with E-state index < -0.39 is 6.04 Å². The minimum absolute atomic E-state index is 0.00316. The summed E-state index contributed by atoms with van der Waals surface area (Å²) in [6.07, 6.45) is 2.54. The van der Waals surface area contributed by atoms with Crippen LogP contribution in [0.1, 0.15) is 41.3 Å². The van der Waals surface area contributed by atoms with Crippen LogP contribution in [0.2, 0.25) is 0 Å². The molecular formula is C26H27N3O3. The van der Waals surface area contributed by atoms with Crippen LogP contribution in [0, 0.1) is 6.92 Å². The fraction of sp³-hybridized carbons (Fsp3) is 0.385. The molecule has 164 valence electrons. The van der Waals surface area contributed by atoms with Gasteiger partial charge in [-0.1, -0.05) is 48.0 Å². The molecule has 2 saturated heterocycles. The Hall–Kier alpha value is -3.12. The Morgan fingerprint density at radius 2 is 2.00 bits per heavy atom. The molecule has 0 spiro atoms. The molecule has 32 heavy (non-hydrogen) atoms. The summed E-state index contributed by atoms with van der Waals surface area (Å²) in [4.78, 5) is 34.3. The van der Waals surface area contributed by atoms with E-state index in [-0.39, 0.29) is 30.5 Å². The first kappa shape index (κ1) is 19.6. The summed E-state index contributed by atoms with van der Waals surface area (Å²) in [6, 6.07) is 15.7. The van der Waals surface area contributed by atoms with Gasteiger partial charge in [0.05, 0.1) is 18.7 Å². The van der Waals surface area contributed by atoms with Crippen molar-refractivity contribution < 1.29 is 14.3 Å². The van der Waals surface area contributed by atoms with Crippen LogP contribution in [0.5, 0.6) is 0 Å². The van der Waals surface area contributed by atoms with Crippen molar-refractivity contribution in [3.8, 4) is 0 Å². The third-order valence-corrected chi connectivity index (χ3v) is 7.15. The Bertz CT molecular complexity index is 1210. The number of carbonyl (C=O) groups excluding carboxylic acids is 2. The molecule has 0 bridgehead atoms. The van der Waals surface area contributed by atoms with Gasteiger partial charge in [-0.2, -0.15) is 0 Å². The van der Waals surface area contributed by atoms with Crippen LogP contribution in [0.3, 0.4) is 0 Å². The van der Waals surface area contributed by atoms with Crippen molar-refractivity contribution in [2.45, 2.75) is 44.4 Å². The van der Waals surface area contributed by atoms with Gasteiger partial charge in [0, 0.05) is 36.2 Å². The normalized spacial score (nSPS) is 25.3. The van der Waals surface area contributed by atoms with Crippen LogP contribution in [0.15, 0.2) is 48.5 Å². The second-order valence-electron chi connectivity index (χ2n) is 9.25. The number of piperazine rings is 1. The van der Waals surface area contributed by atoms with E-state index in [0.717, 1.165) is 52.7 Å². The van der Waals surface area contributed by atoms with E-state index in [1.165, 1.54) is 0 Å². The molecule has 1 N–H and O–H groups in total. The highest BCUT2D eigenvalue weighted by Crippen LogP contribution is 2.42. The molecule has 1 aromatic heterocycles. The van der Waals surface area contributed by atoms with Crippen molar-refractivity contribution in [2.75, 3.05) is 19.7 Å². The molecule has 3 aromatic rings. The highest BCUT2D eigenvalue weighted by Gasteiger charge is 2.48. The van der Waals surface area contributed by atoms with Crippen LogP contribution in [0.4, 0.5) is 0 Å². The van der Waals surface area contributed by atoms with E-state index in [9.17, 15) is 9.59 Å². The van der Waals surface area contributed by atoms with Crippen molar-refractivity contribution in [3.05, 3.63) is 70.9 Å². The number of aromatic nitrogens is 1. The first-order valence-electron chi connectivity index (χ1n) is 11.5. The van der Waals surface area contributed by atoms with Crippen LogP contribution in [-0.4, -0.2) is 58.4 Å². The maximum atomic E-state index is 13.7. The number of H-pyrrole nitrogens is 1. The summed E-state index contributed by atoms with van der Waals surface area (Å²) in [5.74, 6) is 0.0390. The smallest absolute Gasteiger partial charge is 0.246 e. The lowest BCUT2D eigenvalue weighted by atomic mass is 9.86. The zero-order chi connectivity index (χ0) is 21.8. The zero-order valence-corrected chi connectivity index (χ0v) is 18.2. The summed E-state index contributed by atoms with van der Waals surface area (Å²) in [5, 5.41) is 1.14. The topological polar surface area (TPSA) is 65.6 Å². The summed E-state index contributed by atoms with van der Waals surface area (Å²) in [6.45, 7) is 3.42. The van der Waals surface area contributed by atoms with Crippen LogP contribution >= 0.6 is 0 Å². The predicted molar refractivity (Wildman–Crippen MR) is 121 cm³/mol. The van der Waals surface area contributed by atoms with Gasteiger partial charge in [-0.15, -0.1) is 0 Å². The molecule has 2 fully saturated rings. The number of para-hydroxylation sites is 1. The highest BCUT2D eigenvalue weighted by atomic mass is 16.5. The van der Waals surface area contributed by atoms with Gasteiger partial charge in [-0.3, -0.25) is 9.59 Å². The van der Waals surface area contributed by atoms with Gasteiger partial charge in [0.15, 0.2) is 0 Å². The second kappa shape index (κ2) is 7.48. The Labute approximate surface area is 187 Å². The summed E-state index contributed by atoms with van der Waals surface area (Å²) >= 11 is 0. The molecule has 6 heteroatoms. The molecule has 3 unspecified atom stereocenters. The van der Waals surface area contributed by atoms with E-state index in [0.29, 0.717) is 13.0 Å². The van der Waals surface area contributed by atoms with E-state index >= 15 is 0 Å². The van der Waals surface area contributed by atoms with E-state index in [1.807, 2.05) is 23.1 Å². The predicted octanol–water partition coefficient (Wildman–Crippen LogP) is 3.34. The molecule has 3 aliphatic heterocycles. The Balaban J connectivity index is 1.46. The molecule has 0 radical (unpaired) electrons. The van der Waals surface area contributed by atoms with Gasteiger partial charge in [0.2, 0.25) is 11.8 Å². The average Bonchev–Trinajstić information content (AvgIpc) is 3.43. The quantitative estimate of drug-likeness (QED) is 0.695. The molecule has 6 rings (SSSR count). The number of hydrogen-bond acceptors (Lipinski definition) is 3. The van der Waals surface area contributed by atoms with Crippen molar-refractivity contribution in [2.24, 2.45) is 0 Å². The minimum Gasteiger partial charge on any atom is -0.376 e. The van der Waals surface area contributed by atoms with Crippen LogP contribution in [-0.2, 0) is 20.7 Å². The lowest BCUT2D eigenvalue weighted by Gasteiger charge is -2.47. The first-order chi connectivity index (χ1) is 15.6. The van der Waals surface area contributed by atoms with Gasteiger partial charge in [0.1, 0.15) is 6.04 Å². The van der Waals surface area contributed by atoms with E-state index in [2.05, 4.69) is 42.2 Å². The Morgan fingerprint density at radius 1 is 1.12 bits per heavy atom. The summed E-state index contributed by atoms with van der Waals surface area (Å²) in [5.41, 5.74) is 5.40. The zero-order valence-electron chi connectivity index (χ0n) is 18.2. The molecule has 2 amide bonds. The van der Waals surface area contributed by atoms with Gasteiger partial charge >= 0.3 is 0 Å². The molecule has 0 saturated carbocycles. The lowest BCUT2D eigenvalue weighted by Crippen LogP contribution is -2.63. The maximum Gasteiger partial charge on any atom is 0.246 e. The fourth-order valence-electron chi connectivity index (χ4n) is 5.70. The molecule has 4 heterocycles. The minimum atomic E-state index is -0.491.